The van der Waals surface area contributed by atoms with E-state index in [4.69, 9.17) is 17.2 Å². The Morgan fingerprint density at radius 1 is 1.00 bits per heavy atom. The number of nitrogens with one attached hydrogen (secondary N) is 1. The number of guanidine groups is 2. The third-order valence-corrected chi connectivity index (χ3v) is 4.64. The van der Waals surface area contributed by atoms with Crippen LogP contribution in [0.3, 0.4) is 0 Å². The number of benzene rings is 2. The van der Waals surface area contributed by atoms with E-state index >= 15 is 0 Å². The Bertz CT molecular complexity index is 930. The number of nitrogens with two attached hydrogens (primary N) is 3. The van der Waals surface area contributed by atoms with Crippen molar-refractivity contribution in [2.24, 2.45) is 27.2 Å². The summed E-state index contributed by atoms with van der Waals surface area (Å²) >= 11 is 0. The summed E-state index contributed by atoms with van der Waals surface area (Å²) in [5.41, 5.74) is 18.8. The van der Waals surface area contributed by atoms with Crippen molar-refractivity contribution in [3.8, 4) is 0 Å². The van der Waals surface area contributed by atoms with Crippen LogP contribution in [-0.4, -0.2) is 20.3 Å². The topological polar surface area (TPSA) is 149 Å². The fourth-order valence-electron chi connectivity index (χ4n) is 2.12. The van der Waals surface area contributed by atoms with Gasteiger partial charge in [-0.15, -0.1) is 0 Å². The number of aliphatic imine (C=N–C) groups is 2. The molecule has 2 aromatic carbocycles. The van der Waals surface area contributed by atoms with Crippen LogP contribution in [0, 0.1) is 13.8 Å². The zero-order valence-corrected chi connectivity index (χ0v) is 14.7. The maximum atomic E-state index is 12.5. The lowest BCUT2D eigenvalue weighted by Crippen LogP contribution is -2.26. The van der Waals surface area contributed by atoms with E-state index in [-0.39, 0.29) is 16.8 Å². The molecule has 0 aromatic heterocycles. The Balaban J connectivity index is 2.24. The first-order valence-corrected chi connectivity index (χ1v) is 8.79. The molecule has 0 spiro atoms. The Morgan fingerprint density at radius 3 is 2.20 bits per heavy atom. The van der Waals surface area contributed by atoms with Gasteiger partial charge in [0.1, 0.15) is 0 Å². The van der Waals surface area contributed by atoms with E-state index in [2.05, 4.69) is 14.7 Å². The number of aryl methyl sites for hydroxylation is 2. The smallest absolute Gasteiger partial charge is 0.261 e. The van der Waals surface area contributed by atoms with Crippen molar-refractivity contribution >= 4 is 33.3 Å². The van der Waals surface area contributed by atoms with E-state index in [1.54, 1.807) is 6.07 Å². The second-order valence-corrected chi connectivity index (χ2v) is 7.11. The van der Waals surface area contributed by atoms with Gasteiger partial charge in [-0.1, -0.05) is 17.7 Å². The summed E-state index contributed by atoms with van der Waals surface area (Å²) in [6.45, 7) is 3.79. The highest BCUT2D eigenvalue weighted by molar-refractivity contribution is 7.92. The van der Waals surface area contributed by atoms with Gasteiger partial charge in [0, 0.05) is 0 Å². The molecule has 0 fully saturated rings. The average molecular weight is 360 g/mol. The largest absolute Gasteiger partial charge is 0.370 e. The molecule has 2 aromatic rings. The number of anilines is 1. The van der Waals surface area contributed by atoms with E-state index in [0.717, 1.165) is 11.1 Å². The summed E-state index contributed by atoms with van der Waals surface area (Å²) < 4.78 is 27.6. The molecule has 2 rings (SSSR count). The lowest BCUT2D eigenvalue weighted by molar-refractivity contribution is 0.601. The first-order chi connectivity index (χ1) is 11.7. The summed E-state index contributed by atoms with van der Waals surface area (Å²) in [7, 11) is -3.71. The SMILES string of the molecule is Cc1ccc(NS(=O)(=O)c2ccc(N=C(N)N=C(N)N)cc2)c(C)c1. The van der Waals surface area contributed by atoms with E-state index in [1.807, 2.05) is 26.0 Å². The van der Waals surface area contributed by atoms with Crippen molar-refractivity contribution in [1.29, 1.82) is 0 Å². The standard InChI is InChI=1S/C16H20N6O2S/c1-10-3-8-14(11(2)9-10)22-25(23,24)13-6-4-12(5-7-13)20-16(19)21-15(17)18/h3-9,22H,1-2H3,(H6,17,18,19,20,21). The minimum Gasteiger partial charge on any atom is -0.370 e. The molecule has 25 heavy (non-hydrogen) atoms. The van der Waals surface area contributed by atoms with Gasteiger partial charge in [0.15, 0.2) is 5.96 Å². The second-order valence-electron chi connectivity index (χ2n) is 5.42. The fraction of sp³-hybridized carbons (Fsp3) is 0.125. The lowest BCUT2D eigenvalue weighted by Gasteiger charge is -2.11. The third-order valence-electron chi connectivity index (χ3n) is 3.26. The molecule has 0 unspecified atom stereocenters. The maximum Gasteiger partial charge on any atom is 0.261 e. The Kier molecular flexibility index (Phi) is 5.28. The van der Waals surface area contributed by atoms with Gasteiger partial charge in [0.2, 0.25) is 5.96 Å². The molecule has 0 bridgehead atoms. The number of sulfonamides is 1. The van der Waals surface area contributed by atoms with Crippen LogP contribution >= 0.6 is 0 Å². The Morgan fingerprint density at radius 2 is 1.64 bits per heavy atom. The van der Waals surface area contributed by atoms with Gasteiger partial charge in [-0.2, -0.15) is 4.99 Å². The first kappa shape index (κ1) is 18.3. The van der Waals surface area contributed by atoms with Gasteiger partial charge < -0.3 is 17.2 Å². The van der Waals surface area contributed by atoms with Crippen LogP contribution in [0.4, 0.5) is 11.4 Å². The number of hydrogen-bond donors (Lipinski definition) is 4. The van der Waals surface area contributed by atoms with Gasteiger partial charge in [-0.3, -0.25) is 4.72 Å². The highest BCUT2D eigenvalue weighted by Crippen LogP contribution is 2.22. The molecule has 0 amide bonds. The quantitative estimate of drug-likeness (QED) is 0.479. The van der Waals surface area contributed by atoms with E-state index in [9.17, 15) is 8.42 Å². The first-order valence-electron chi connectivity index (χ1n) is 7.31. The second kappa shape index (κ2) is 7.22. The summed E-state index contributed by atoms with van der Waals surface area (Å²) in [6, 6.07) is 11.3. The molecule has 0 aliphatic rings. The van der Waals surface area contributed by atoms with Crippen molar-refractivity contribution in [1.82, 2.24) is 0 Å². The number of rotatable bonds is 4. The van der Waals surface area contributed by atoms with Crippen LogP contribution < -0.4 is 21.9 Å². The molecule has 9 heteroatoms. The van der Waals surface area contributed by atoms with Gasteiger partial charge in [-0.25, -0.2) is 13.4 Å². The lowest BCUT2D eigenvalue weighted by atomic mass is 10.1. The summed E-state index contributed by atoms with van der Waals surface area (Å²) in [5.74, 6) is -0.331. The van der Waals surface area contributed by atoms with Crippen molar-refractivity contribution in [3.63, 3.8) is 0 Å². The average Bonchev–Trinajstić information content (AvgIpc) is 2.50. The molecule has 0 aliphatic carbocycles. The van der Waals surface area contributed by atoms with E-state index < -0.39 is 10.0 Å². The van der Waals surface area contributed by atoms with Crippen LogP contribution in [0.2, 0.25) is 0 Å². The van der Waals surface area contributed by atoms with Crippen LogP contribution in [0.25, 0.3) is 0 Å². The van der Waals surface area contributed by atoms with Gasteiger partial charge in [-0.05, 0) is 49.7 Å². The Labute approximate surface area is 146 Å². The predicted octanol–water partition coefficient (Wildman–Crippen LogP) is 1.32. The zero-order chi connectivity index (χ0) is 18.6. The summed E-state index contributed by atoms with van der Waals surface area (Å²) in [6.07, 6.45) is 0. The molecular formula is C16H20N6O2S. The molecule has 0 saturated heterocycles. The molecule has 8 nitrogen and oxygen atoms in total. The van der Waals surface area contributed by atoms with Gasteiger partial charge >= 0.3 is 0 Å². The van der Waals surface area contributed by atoms with Crippen LogP contribution in [0.15, 0.2) is 57.3 Å². The van der Waals surface area contributed by atoms with Crippen LogP contribution in [0.5, 0.6) is 0 Å². The van der Waals surface area contributed by atoms with Gasteiger partial charge in [0.25, 0.3) is 10.0 Å². The summed E-state index contributed by atoms with van der Waals surface area (Å²) in [5, 5.41) is 0. The monoisotopic (exact) mass is 360 g/mol. The highest BCUT2D eigenvalue weighted by atomic mass is 32.2. The molecule has 132 valence electrons. The molecule has 0 saturated carbocycles. The third kappa shape index (κ3) is 4.95. The zero-order valence-electron chi connectivity index (χ0n) is 13.9. The minimum absolute atomic E-state index is 0.104. The molecule has 7 N–H and O–H groups in total. The van der Waals surface area contributed by atoms with E-state index in [0.29, 0.717) is 11.4 Å². The molecule has 0 heterocycles. The Hall–Kier alpha value is -3.07. The normalized spacial score (nSPS) is 11.8. The van der Waals surface area contributed by atoms with E-state index in [1.165, 1.54) is 24.3 Å². The molecule has 0 aliphatic heterocycles. The predicted molar refractivity (Wildman–Crippen MR) is 100 cm³/mol. The minimum atomic E-state index is -3.71. The molecular weight excluding hydrogens is 340 g/mol. The van der Waals surface area contributed by atoms with Gasteiger partial charge in [0.05, 0.1) is 16.3 Å². The number of nitrogens with zero attached hydrogens (tertiary/aromatic N) is 2. The highest BCUT2D eigenvalue weighted by Gasteiger charge is 2.15. The fourth-order valence-corrected chi connectivity index (χ4v) is 3.25. The van der Waals surface area contributed by atoms with Crippen molar-refractivity contribution in [3.05, 3.63) is 53.6 Å². The van der Waals surface area contributed by atoms with Crippen LogP contribution in [0.1, 0.15) is 11.1 Å². The van der Waals surface area contributed by atoms with Crippen molar-refractivity contribution in [2.45, 2.75) is 18.7 Å². The molecule has 0 radical (unpaired) electrons. The van der Waals surface area contributed by atoms with Crippen LogP contribution in [-0.2, 0) is 10.0 Å². The van der Waals surface area contributed by atoms with Crippen molar-refractivity contribution in [2.75, 3.05) is 4.72 Å². The number of hydrogen-bond acceptors (Lipinski definition) is 3. The van der Waals surface area contributed by atoms with Crippen molar-refractivity contribution < 1.29 is 8.42 Å². The summed E-state index contributed by atoms with van der Waals surface area (Å²) in [4.78, 5) is 7.65. The molecule has 0 atom stereocenters. The maximum absolute atomic E-state index is 12.5.